The Morgan fingerprint density at radius 1 is 1.38 bits per heavy atom. The number of rotatable bonds is 5. The smallest absolute Gasteiger partial charge is 0.179 e. The van der Waals surface area contributed by atoms with E-state index in [0.29, 0.717) is 34.9 Å². The number of nitrogens with zero attached hydrogens (tertiary/aromatic N) is 2. The molecule has 5 nitrogen and oxygen atoms in total. The number of aromatic nitrogens is 2. The third-order valence-corrected chi connectivity index (χ3v) is 3.88. The summed E-state index contributed by atoms with van der Waals surface area (Å²) in [5.74, 6) is 2.46. The molecule has 0 amide bonds. The predicted molar refractivity (Wildman–Crippen MR) is 82.8 cm³/mol. The molecule has 21 heavy (non-hydrogen) atoms. The molecule has 2 aromatic rings. The minimum Gasteiger partial charge on any atom is -0.491 e. The Hall–Kier alpha value is -1.88. The molecule has 0 atom stereocenters. The van der Waals surface area contributed by atoms with Crippen molar-refractivity contribution in [3.05, 3.63) is 23.2 Å². The molecule has 0 bridgehead atoms. The lowest BCUT2D eigenvalue weighted by Crippen LogP contribution is -2.01. The van der Waals surface area contributed by atoms with Crippen molar-refractivity contribution >= 4 is 17.4 Å². The van der Waals surface area contributed by atoms with E-state index >= 15 is 0 Å². The van der Waals surface area contributed by atoms with Gasteiger partial charge in [0.2, 0.25) is 0 Å². The fraction of sp³-hybridized carbons (Fsp3) is 0.400. The quantitative estimate of drug-likeness (QED) is 0.922. The molecule has 0 radical (unpaired) electrons. The van der Waals surface area contributed by atoms with Crippen LogP contribution in [0.2, 0.25) is 5.02 Å². The number of nitrogen functional groups attached to an aromatic ring is 1. The third-order valence-electron chi connectivity index (χ3n) is 3.60. The summed E-state index contributed by atoms with van der Waals surface area (Å²) in [6.07, 6.45) is 2.46. The van der Waals surface area contributed by atoms with Gasteiger partial charge >= 0.3 is 0 Å². The van der Waals surface area contributed by atoms with Gasteiger partial charge in [0.1, 0.15) is 5.82 Å². The number of anilines is 1. The standard InChI is InChI=1S/C15H18ClN3O2/c1-19-14(17)7-12(18-19)10-5-11(16)15(20-2)13(6-10)21-8-9-3-4-9/h5-7,9H,3-4,8,17H2,1-2H3. The maximum Gasteiger partial charge on any atom is 0.179 e. The second kappa shape index (κ2) is 5.48. The average molecular weight is 308 g/mol. The molecular formula is C15H18ClN3O2. The van der Waals surface area contributed by atoms with Gasteiger partial charge in [-0.05, 0) is 30.9 Å². The first-order valence-corrected chi connectivity index (χ1v) is 7.26. The van der Waals surface area contributed by atoms with Gasteiger partial charge in [-0.25, -0.2) is 0 Å². The molecule has 3 rings (SSSR count). The Morgan fingerprint density at radius 3 is 2.71 bits per heavy atom. The van der Waals surface area contributed by atoms with E-state index in [0.717, 1.165) is 11.3 Å². The first-order chi connectivity index (χ1) is 10.1. The van der Waals surface area contributed by atoms with Crippen LogP contribution in [-0.4, -0.2) is 23.5 Å². The fourth-order valence-corrected chi connectivity index (χ4v) is 2.42. The number of halogens is 1. The van der Waals surface area contributed by atoms with Gasteiger partial charge in [0.05, 0.1) is 24.4 Å². The first-order valence-electron chi connectivity index (χ1n) is 6.88. The summed E-state index contributed by atoms with van der Waals surface area (Å²) >= 11 is 6.29. The van der Waals surface area contributed by atoms with Gasteiger partial charge in [-0.3, -0.25) is 4.68 Å². The number of hydrogen-bond donors (Lipinski definition) is 1. The minimum atomic E-state index is 0.505. The molecule has 6 heteroatoms. The number of aryl methyl sites for hydroxylation is 1. The number of benzene rings is 1. The van der Waals surface area contributed by atoms with Crippen LogP contribution in [0.5, 0.6) is 11.5 Å². The normalized spacial score (nSPS) is 14.2. The van der Waals surface area contributed by atoms with Gasteiger partial charge in [0.25, 0.3) is 0 Å². The van der Waals surface area contributed by atoms with Crippen molar-refractivity contribution in [1.82, 2.24) is 9.78 Å². The van der Waals surface area contributed by atoms with E-state index in [1.807, 2.05) is 18.2 Å². The molecule has 1 aromatic heterocycles. The van der Waals surface area contributed by atoms with Crippen LogP contribution < -0.4 is 15.2 Å². The van der Waals surface area contributed by atoms with Gasteiger partial charge < -0.3 is 15.2 Å². The van der Waals surface area contributed by atoms with E-state index in [2.05, 4.69) is 5.10 Å². The summed E-state index contributed by atoms with van der Waals surface area (Å²) in [7, 11) is 3.39. The summed E-state index contributed by atoms with van der Waals surface area (Å²) in [5, 5.41) is 4.87. The van der Waals surface area contributed by atoms with E-state index < -0.39 is 0 Å². The van der Waals surface area contributed by atoms with Crippen LogP contribution in [0.25, 0.3) is 11.3 Å². The molecule has 0 spiro atoms. The van der Waals surface area contributed by atoms with Crippen LogP contribution >= 0.6 is 11.6 Å². The molecule has 2 N–H and O–H groups in total. The van der Waals surface area contributed by atoms with E-state index in [-0.39, 0.29) is 0 Å². The summed E-state index contributed by atoms with van der Waals surface area (Å²) in [4.78, 5) is 0. The SMILES string of the molecule is COc1c(Cl)cc(-c2cc(N)n(C)n2)cc1OCC1CC1. The number of ether oxygens (including phenoxy) is 2. The van der Waals surface area contributed by atoms with Crippen LogP contribution in [-0.2, 0) is 7.05 Å². The van der Waals surface area contributed by atoms with Crippen LogP contribution in [0.1, 0.15) is 12.8 Å². The predicted octanol–water partition coefficient (Wildman–Crippen LogP) is 3.12. The average Bonchev–Trinajstić information content (AvgIpc) is 3.22. The van der Waals surface area contributed by atoms with Crippen molar-refractivity contribution in [1.29, 1.82) is 0 Å². The van der Waals surface area contributed by atoms with Crippen molar-refractivity contribution in [2.45, 2.75) is 12.8 Å². The zero-order valence-corrected chi connectivity index (χ0v) is 12.9. The summed E-state index contributed by atoms with van der Waals surface area (Å²) < 4.78 is 12.8. The summed E-state index contributed by atoms with van der Waals surface area (Å²) in [5.41, 5.74) is 7.45. The number of methoxy groups -OCH3 is 1. The molecule has 1 heterocycles. The van der Waals surface area contributed by atoms with E-state index in [1.54, 1.807) is 18.8 Å². The fourth-order valence-electron chi connectivity index (χ4n) is 2.14. The van der Waals surface area contributed by atoms with Crippen molar-refractivity contribution < 1.29 is 9.47 Å². The minimum absolute atomic E-state index is 0.505. The van der Waals surface area contributed by atoms with Crippen molar-refractivity contribution in [2.24, 2.45) is 13.0 Å². The van der Waals surface area contributed by atoms with Crippen LogP contribution in [0.4, 0.5) is 5.82 Å². The molecule has 112 valence electrons. The highest BCUT2D eigenvalue weighted by atomic mass is 35.5. The van der Waals surface area contributed by atoms with Gasteiger partial charge in [-0.15, -0.1) is 0 Å². The highest BCUT2D eigenvalue weighted by Crippen LogP contribution is 2.40. The third kappa shape index (κ3) is 2.93. The number of nitrogens with two attached hydrogens (primary N) is 1. The zero-order valence-electron chi connectivity index (χ0n) is 12.1. The lowest BCUT2D eigenvalue weighted by atomic mass is 10.1. The molecule has 0 aliphatic heterocycles. The molecule has 1 aromatic carbocycles. The molecular weight excluding hydrogens is 290 g/mol. The second-order valence-electron chi connectivity index (χ2n) is 5.32. The van der Waals surface area contributed by atoms with Gasteiger partial charge in [0, 0.05) is 18.7 Å². The Balaban J connectivity index is 1.96. The molecule has 1 aliphatic rings. The van der Waals surface area contributed by atoms with E-state index in [1.165, 1.54) is 12.8 Å². The maximum atomic E-state index is 6.29. The first kappa shape index (κ1) is 14.1. The Labute approximate surface area is 128 Å². The highest BCUT2D eigenvalue weighted by molar-refractivity contribution is 6.32. The lowest BCUT2D eigenvalue weighted by molar-refractivity contribution is 0.280. The highest BCUT2D eigenvalue weighted by Gasteiger charge is 2.23. The van der Waals surface area contributed by atoms with Crippen molar-refractivity contribution in [2.75, 3.05) is 19.5 Å². The molecule has 1 aliphatic carbocycles. The Bertz CT molecular complexity index is 646. The maximum absolute atomic E-state index is 6.29. The van der Waals surface area contributed by atoms with Crippen LogP contribution in [0.15, 0.2) is 18.2 Å². The van der Waals surface area contributed by atoms with Crippen LogP contribution in [0.3, 0.4) is 0 Å². The van der Waals surface area contributed by atoms with Gasteiger partial charge in [-0.1, -0.05) is 11.6 Å². The molecule has 0 saturated heterocycles. The zero-order chi connectivity index (χ0) is 15.0. The lowest BCUT2D eigenvalue weighted by Gasteiger charge is -2.13. The van der Waals surface area contributed by atoms with E-state index in [9.17, 15) is 0 Å². The Kier molecular flexibility index (Phi) is 3.68. The largest absolute Gasteiger partial charge is 0.491 e. The molecule has 1 fully saturated rings. The monoisotopic (exact) mass is 307 g/mol. The topological polar surface area (TPSA) is 62.3 Å². The molecule has 1 saturated carbocycles. The van der Waals surface area contributed by atoms with Gasteiger partial charge in [-0.2, -0.15) is 5.10 Å². The van der Waals surface area contributed by atoms with Crippen molar-refractivity contribution in [3.63, 3.8) is 0 Å². The summed E-state index contributed by atoms with van der Waals surface area (Å²) in [6, 6.07) is 5.52. The van der Waals surface area contributed by atoms with Crippen molar-refractivity contribution in [3.8, 4) is 22.8 Å². The Morgan fingerprint density at radius 2 is 2.14 bits per heavy atom. The summed E-state index contributed by atoms with van der Waals surface area (Å²) in [6.45, 7) is 0.695. The van der Waals surface area contributed by atoms with Gasteiger partial charge in [0.15, 0.2) is 11.5 Å². The second-order valence-corrected chi connectivity index (χ2v) is 5.73. The number of hydrogen-bond acceptors (Lipinski definition) is 4. The van der Waals surface area contributed by atoms with E-state index in [4.69, 9.17) is 26.8 Å². The van der Waals surface area contributed by atoms with Crippen LogP contribution in [0, 0.1) is 5.92 Å². The molecule has 0 unspecified atom stereocenters.